The van der Waals surface area contributed by atoms with E-state index in [1.165, 1.54) is 25.5 Å². The number of anilines is 1. The minimum Gasteiger partial charge on any atom is -0.438 e. The van der Waals surface area contributed by atoms with Crippen molar-refractivity contribution in [2.75, 3.05) is 11.4 Å². The third-order valence-corrected chi connectivity index (χ3v) is 6.19. The highest BCUT2D eigenvalue weighted by Crippen LogP contribution is 2.29. The lowest BCUT2D eigenvalue weighted by Gasteiger charge is -2.19. The van der Waals surface area contributed by atoms with Crippen LogP contribution in [0.1, 0.15) is 0 Å². The van der Waals surface area contributed by atoms with Gasteiger partial charge >= 0.3 is 0 Å². The van der Waals surface area contributed by atoms with Gasteiger partial charge in [0.1, 0.15) is 17.9 Å². The van der Waals surface area contributed by atoms with Gasteiger partial charge in [-0.2, -0.15) is 0 Å². The predicted molar refractivity (Wildman–Crippen MR) is 108 cm³/mol. The monoisotopic (exact) mass is 409 g/mol. The second-order valence-electron chi connectivity index (χ2n) is 6.22. The van der Waals surface area contributed by atoms with Crippen molar-refractivity contribution in [3.8, 4) is 11.6 Å². The highest BCUT2D eigenvalue weighted by molar-refractivity contribution is 7.92. The van der Waals surface area contributed by atoms with Gasteiger partial charge < -0.3 is 4.74 Å². The van der Waals surface area contributed by atoms with Gasteiger partial charge in [-0.05, 0) is 60.7 Å². The van der Waals surface area contributed by atoms with Gasteiger partial charge in [0.05, 0.1) is 21.5 Å². The maximum atomic E-state index is 13.1. The Morgan fingerprint density at radius 3 is 2.31 bits per heavy atom. The molecule has 0 aliphatic heterocycles. The first kappa shape index (κ1) is 18.8. The van der Waals surface area contributed by atoms with Gasteiger partial charge in [-0.1, -0.05) is 12.1 Å². The van der Waals surface area contributed by atoms with E-state index >= 15 is 0 Å². The van der Waals surface area contributed by atoms with E-state index in [4.69, 9.17) is 4.74 Å². The number of ether oxygens (including phenoxy) is 1. The van der Waals surface area contributed by atoms with Gasteiger partial charge in [-0.3, -0.25) is 4.31 Å². The number of nitrogens with zero attached hydrogens (tertiary/aromatic N) is 3. The van der Waals surface area contributed by atoms with Gasteiger partial charge in [0.2, 0.25) is 5.88 Å². The smallest absolute Gasteiger partial charge is 0.264 e. The number of fused-ring (bicyclic) bond motifs is 1. The Balaban J connectivity index is 1.58. The number of halogens is 1. The molecule has 0 aliphatic carbocycles. The fourth-order valence-corrected chi connectivity index (χ4v) is 4.00. The van der Waals surface area contributed by atoms with E-state index in [2.05, 4.69) is 9.97 Å². The van der Waals surface area contributed by atoms with Gasteiger partial charge in [-0.15, -0.1) is 0 Å². The molecule has 1 heterocycles. The van der Waals surface area contributed by atoms with E-state index < -0.39 is 15.8 Å². The maximum absolute atomic E-state index is 13.1. The van der Waals surface area contributed by atoms with Crippen LogP contribution in [-0.2, 0) is 10.0 Å². The number of hydrogen-bond acceptors (Lipinski definition) is 5. The molecule has 146 valence electrons. The van der Waals surface area contributed by atoms with E-state index in [1.807, 2.05) is 24.3 Å². The summed E-state index contributed by atoms with van der Waals surface area (Å²) in [6.45, 7) is 0. The third-order valence-electron chi connectivity index (χ3n) is 4.39. The highest BCUT2D eigenvalue weighted by atomic mass is 32.2. The first-order chi connectivity index (χ1) is 13.9. The lowest BCUT2D eigenvalue weighted by atomic mass is 10.2. The van der Waals surface area contributed by atoms with Crippen LogP contribution in [0.4, 0.5) is 10.1 Å². The highest BCUT2D eigenvalue weighted by Gasteiger charge is 2.21. The summed E-state index contributed by atoms with van der Waals surface area (Å²) in [6, 6.07) is 18.7. The summed E-state index contributed by atoms with van der Waals surface area (Å²) in [5.41, 5.74) is 1.20. The lowest BCUT2D eigenvalue weighted by Crippen LogP contribution is -2.26. The maximum Gasteiger partial charge on any atom is 0.264 e. The third kappa shape index (κ3) is 3.74. The second kappa shape index (κ2) is 7.48. The molecule has 4 aromatic rings. The van der Waals surface area contributed by atoms with E-state index in [1.54, 1.807) is 24.3 Å². The molecule has 1 aromatic heterocycles. The molecule has 6 nitrogen and oxygen atoms in total. The van der Waals surface area contributed by atoms with Crippen LogP contribution in [0.25, 0.3) is 10.9 Å². The minimum atomic E-state index is -3.80. The van der Waals surface area contributed by atoms with Crippen LogP contribution in [0.2, 0.25) is 0 Å². The Labute approximate surface area is 167 Å². The number of para-hydroxylation sites is 1. The topological polar surface area (TPSA) is 72.4 Å². The zero-order valence-corrected chi connectivity index (χ0v) is 16.2. The van der Waals surface area contributed by atoms with Crippen molar-refractivity contribution >= 4 is 26.6 Å². The number of aromatic nitrogens is 2. The molecule has 0 N–H and O–H groups in total. The Hall–Kier alpha value is -3.52. The van der Waals surface area contributed by atoms with Crippen LogP contribution >= 0.6 is 0 Å². The van der Waals surface area contributed by atoms with Crippen molar-refractivity contribution < 1.29 is 17.5 Å². The zero-order valence-electron chi connectivity index (χ0n) is 15.4. The molecule has 0 aliphatic rings. The summed E-state index contributed by atoms with van der Waals surface area (Å²) >= 11 is 0. The minimum absolute atomic E-state index is 0.00850. The van der Waals surface area contributed by atoms with Crippen molar-refractivity contribution in [2.24, 2.45) is 0 Å². The largest absolute Gasteiger partial charge is 0.438 e. The van der Waals surface area contributed by atoms with E-state index in [9.17, 15) is 12.8 Å². The van der Waals surface area contributed by atoms with E-state index in [0.717, 1.165) is 27.3 Å². The Morgan fingerprint density at radius 1 is 0.897 bits per heavy atom. The number of benzene rings is 3. The number of hydrogen-bond donors (Lipinski definition) is 0. The molecule has 0 saturated carbocycles. The number of rotatable bonds is 5. The molecule has 0 spiro atoms. The van der Waals surface area contributed by atoms with Crippen molar-refractivity contribution in [3.63, 3.8) is 0 Å². The quantitative estimate of drug-likeness (QED) is 0.489. The average Bonchev–Trinajstić information content (AvgIpc) is 2.74. The van der Waals surface area contributed by atoms with Crippen LogP contribution in [0.3, 0.4) is 0 Å². The SMILES string of the molecule is CN(c1ccc(Oc2ncnc3ccccc23)cc1)S(=O)(=O)c1ccc(F)cc1. The first-order valence-electron chi connectivity index (χ1n) is 8.67. The van der Waals surface area contributed by atoms with Crippen LogP contribution in [0.5, 0.6) is 11.6 Å². The average molecular weight is 409 g/mol. The molecule has 0 amide bonds. The molecule has 3 aromatic carbocycles. The van der Waals surface area contributed by atoms with E-state index in [0.29, 0.717) is 17.3 Å². The van der Waals surface area contributed by atoms with Gasteiger partial charge in [0.15, 0.2) is 0 Å². The van der Waals surface area contributed by atoms with Gasteiger partial charge in [-0.25, -0.2) is 22.8 Å². The first-order valence-corrected chi connectivity index (χ1v) is 10.1. The Morgan fingerprint density at radius 2 is 1.59 bits per heavy atom. The van der Waals surface area contributed by atoms with Crippen LogP contribution in [0, 0.1) is 5.82 Å². The summed E-state index contributed by atoms with van der Waals surface area (Å²) in [4.78, 5) is 8.38. The second-order valence-corrected chi connectivity index (χ2v) is 8.19. The fraction of sp³-hybridized carbons (Fsp3) is 0.0476. The fourth-order valence-electron chi connectivity index (χ4n) is 2.80. The molecule has 29 heavy (non-hydrogen) atoms. The summed E-state index contributed by atoms with van der Waals surface area (Å²) < 4.78 is 45.5. The zero-order chi connectivity index (χ0) is 20.4. The van der Waals surface area contributed by atoms with E-state index in [-0.39, 0.29) is 4.90 Å². The summed E-state index contributed by atoms with van der Waals surface area (Å²) in [5.74, 6) is 0.422. The molecule has 0 unspecified atom stereocenters. The van der Waals surface area contributed by atoms with Crippen LogP contribution in [-0.4, -0.2) is 25.4 Å². The number of sulfonamides is 1. The van der Waals surface area contributed by atoms with Crippen molar-refractivity contribution in [3.05, 3.63) is 84.9 Å². The standard InChI is InChI=1S/C21H16FN3O3S/c1-25(29(26,27)18-12-6-15(22)7-13-18)16-8-10-17(11-9-16)28-21-19-4-2-3-5-20(19)23-14-24-21/h2-14H,1H3. The lowest BCUT2D eigenvalue weighted by molar-refractivity contribution is 0.468. The molecular weight excluding hydrogens is 393 g/mol. The van der Waals surface area contributed by atoms with Crippen molar-refractivity contribution in [1.29, 1.82) is 0 Å². The molecule has 0 radical (unpaired) electrons. The summed E-state index contributed by atoms with van der Waals surface area (Å²) in [6.07, 6.45) is 1.43. The predicted octanol–water partition coefficient (Wildman–Crippen LogP) is 4.39. The molecule has 0 fully saturated rings. The van der Waals surface area contributed by atoms with Gasteiger partial charge in [0, 0.05) is 7.05 Å². The molecule has 0 atom stereocenters. The van der Waals surface area contributed by atoms with Gasteiger partial charge in [0.25, 0.3) is 10.0 Å². The van der Waals surface area contributed by atoms with Crippen molar-refractivity contribution in [2.45, 2.75) is 4.90 Å². The Bertz CT molecular complexity index is 1260. The molecular formula is C21H16FN3O3S. The molecule has 0 bridgehead atoms. The molecule has 0 saturated heterocycles. The normalized spacial score (nSPS) is 11.4. The summed E-state index contributed by atoms with van der Waals surface area (Å²) in [5, 5.41) is 0.773. The Kier molecular flexibility index (Phi) is 4.85. The molecule has 8 heteroatoms. The molecule has 4 rings (SSSR count). The van der Waals surface area contributed by atoms with Crippen molar-refractivity contribution in [1.82, 2.24) is 9.97 Å². The van der Waals surface area contributed by atoms with Crippen LogP contribution < -0.4 is 9.04 Å². The summed E-state index contributed by atoms with van der Waals surface area (Å²) in [7, 11) is -2.37. The van der Waals surface area contributed by atoms with Crippen LogP contribution in [0.15, 0.2) is 84.0 Å².